The Morgan fingerprint density at radius 1 is 1.26 bits per heavy atom. The Bertz CT molecular complexity index is 936. The van der Waals surface area contributed by atoms with E-state index in [1.165, 1.54) is 4.68 Å². The van der Waals surface area contributed by atoms with Crippen LogP contribution in [-0.4, -0.2) is 21.1 Å². The van der Waals surface area contributed by atoms with Crippen molar-refractivity contribution in [3.8, 4) is 0 Å². The molecule has 144 valence electrons. The van der Waals surface area contributed by atoms with E-state index < -0.39 is 16.9 Å². The molecule has 1 saturated carbocycles. The molecule has 1 unspecified atom stereocenters. The summed E-state index contributed by atoms with van der Waals surface area (Å²) in [6, 6.07) is 7.02. The second-order valence-corrected chi connectivity index (χ2v) is 8.44. The van der Waals surface area contributed by atoms with Crippen LogP contribution < -0.4 is 11.0 Å². The van der Waals surface area contributed by atoms with Gasteiger partial charge >= 0.3 is 0 Å². The molecule has 0 bridgehead atoms. The smallest absolute Gasteiger partial charge is 0.273 e. The standard InChI is InChI=1S/C20H26N4O3/c1-13(20(23-27)11-7-8-12-20)16-21-15-10-6-5-9-14(15)17(25)24(16)22-18(26)19(2,3)4/h5-6,9-10,13H,7-8,11-12H2,1-4H3,(H,22,26). The Labute approximate surface area is 158 Å². The highest BCUT2D eigenvalue weighted by Crippen LogP contribution is 2.43. The number of nitrogens with zero attached hydrogens (tertiary/aromatic N) is 3. The number of carbonyl (C=O) groups is 1. The largest absolute Gasteiger partial charge is 0.280 e. The lowest BCUT2D eigenvalue weighted by atomic mass is 9.83. The molecule has 27 heavy (non-hydrogen) atoms. The first-order valence-electron chi connectivity index (χ1n) is 9.37. The zero-order chi connectivity index (χ0) is 19.8. The SMILES string of the molecule is CC(c1nc2ccccc2c(=O)n1NC(=O)C(C)(C)C)C1(N=O)CCCC1. The summed E-state index contributed by atoms with van der Waals surface area (Å²) in [6.45, 7) is 7.19. The van der Waals surface area contributed by atoms with Gasteiger partial charge in [-0.1, -0.05) is 57.8 Å². The molecule has 1 aromatic heterocycles. The topological polar surface area (TPSA) is 93.4 Å². The van der Waals surface area contributed by atoms with Gasteiger partial charge < -0.3 is 0 Å². The Kier molecular flexibility index (Phi) is 4.88. The first-order valence-corrected chi connectivity index (χ1v) is 9.37. The molecule has 1 heterocycles. The third-order valence-corrected chi connectivity index (χ3v) is 5.54. The fraction of sp³-hybridized carbons (Fsp3) is 0.550. The lowest BCUT2D eigenvalue weighted by molar-refractivity contribution is -0.124. The molecular formula is C20H26N4O3. The van der Waals surface area contributed by atoms with Crippen LogP contribution >= 0.6 is 0 Å². The molecule has 1 N–H and O–H groups in total. The quantitative estimate of drug-likeness (QED) is 0.831. The van der Waals surface area contributed by atoms with E-state index in [9.17, 15) is 14.5 Å². The van der Waals surface area contributed by atoms with E-state index in [4.69, 9.17) is 0 Å². The molecule has 2 aromatic rings. The summed E-state index contributed by atoms with van der Waals surface area (Å²) in [5, 5.41) is 3.87. The number of carbonyl (C=O) groups excluding carboxylic acids is 1. The second-order valence-electron chi connectivity index (χ2n) is 8.44. The number of fused-ring (bicyclic) bond motifs is 1. The number of nitrogens with one attached hydrogen (secondary N) is 1. The van der Waals surface area contributed by atoms with Crippen LogP contribution in [0.15, 0.2) is 34.2 Å². The zero-order valence-electron chi connectivity index (χ0n) is 16.3. The average Bonchev–Trinajstić information content (AvgIpc) is 3.12. The highest BCUT2D eigenvalue weighted by Gasteiger charge is 2.44. The van der Waals surface area contributed by atoms with E-state index in [2.05, 4.69) is 15.6 Å². The van der Waals surface area contributed by atoms with Gasteiger partial charge in [0.1, 0.15) is 11.4 Å². The maximum atomic E-state index is 13.1. The van der Waals surface area contributed by atoms with Crippen molar-refractivity contribution in [2.75, 3.05) is 5.43 Å². The Hall–Kier alpha value is -2.57. The van der Waals surface area contributed by atoms with Crippen LogP contribution in [0, 0.1) is 10.3 Å². The number of hydrogen-bond acceptors (Lipinski definition) is 5. The Morgan fingerprint density at radius 3 is 2.48 bits per heavy atom. The van der Waals surface area contributed by atoms with Gasteiger partial charge in [-0.05, 0) is 25.0 Å². The van der Waals surface area contributed by atoms with Gasteiger partial charge in [0.15, 0.2) is 0 Å². The highest BCUT2D eigenvalue weighted by molar-refractivity contribution is 5.89. The molecule has 7 heteroatoms. The van der Waals surface area contributed by atoms with E-state index in [0.29, 0.717) is 29.6 Å². The lowest BCUT2D eigenvalue weighted by Gasteiger charge is -2.30. The fourth-order valence-corrected chi connectivity index (χ4v) is 3.65. The number of amides is 1. The van der Waals surface area contributed by atoms with Crippen molar-refractivity contribution < 1.29 is 4.79 Å². The maximum Gasteiger partial charge on any atom is 0.280 e. The van der Waals surface area contributed by atoms with Crippen LogP contribution in [0.5, 0.6) is 0 Å². The number of benzene rings is 1. The average molecular weight is 370 g/mol. The van der Waals surface area contributed by atoms with Crippen molar-refractivity contribution in [2.24, 2.45) is 10.6 Å². The van der Waals surface area contributed by atoms with Crippen molar-refractivity contribution in [2.45, 2.75) is 64.8 Å². The Balaban J connectivity index is 2.20. The molecule has 0 aliphatic heterocycles. The first kappa shape index (κ1) is 19.2. The number of rotatable bonds is 4. The minimum absolute atomic E-state index is 0.297. The molecule has 7 nitrogen and oxygen atoms in total. The molecule has 0 saturated heterocycles. The Morgan fingerprint density at radius 2 is 1.89 bits per heavy atom. The molecule has 1 aliphatic rings. The molecule has 1 atom stereocenters. The number of para-hydroxylation sites is 1. The summed E-state index contributed by atoms with van der Waals surface area (Å²) in [7, 11) is 0. The van der Waals surface area contributed by atoms with Crippen LogP contribution in [-0.2, 0) is 4.79 Å². The van der Waals surface area contributed by atoms with E-state index in [1.54, 1.807) is 39.0 Å². The van der Waals surface area contributed by atoms with E-state index in [0.717, 1.165) is 12.8 Å². The van der Waals surface area contributed by atoms with Gasteiger partial charge in [0.2, 0.25) is 5.91 Å². The normalized spacial score (nSPS) is 17.6. The van der Waals surface area contributed by atoms with E-state index >= 15 is 0 Å². The van der Waals surface area contributed by atoms with Gasteiger partial charge in [-0.3, -0.25) is 15.0 Å². The minimum atomic E-state index is -0.796. The van der Waals surface area contributed by atoms with Crippen LogP contribution in [0.2, 0.25) is 0 Å². The van der Waals surface area contributed by atoms with Gasteiger partial charge in [0.25, 0.3) is 5.56 Å². The van der Waals surface area contributed by atoms with Crippen LogP contribution in [0.3, 0.4) is 0 Å². The van der Waals surface area contributed by atoms with Gasteiger partial charge in [-0.25, -0.2) is 9.66 Å². The minimum Gasteiger partial charge on any atom is -0.273 e. The van der Waals surface area contributed by atoms with Crippen molar-refractivity contribution in [3.63, 3.8) is 0 Å². The molecule has 1 fully saturated rings. The van der Waals surface area contributed by atoms with Gasteiger partial charge in [-0.15, -0.1) is 0 Å². The van der Waals surface area contributed by atoms with Gasteiger partial charge in [0.05, 0.1) is 10.9 Å². The van der Waals surface area contributed by atoms with Crippen molar-refractivity contribution in [1.82, 2.24) is 9.66 Å². The zero-order valence-corrected chi connectivity index (χ0v) is 16.3. The van der Waals surface area contributed by atoms with E-state index in [-0.39, 0.29) is 11.5 Å². The summed E-state index contributed by atoms with van der Waals surface area (Å²) >= 11 is 0. The summed E-state index contributed by atoms with van der Waals surface area (Å²) in [5.41, 5.74) is 1.44. The van der Waals surface area contributed by atoms with Crippen molar-refractivity contribution in [3.05, 3.63) is 45.4 Å². The molecule has 3 rings (SSSR count). The summed E-state index contributed by atoms with van der Waals surface area (Å²) < 4.78 is 1.21. The first-order chi connectivity index (χ1) is 12.7. The monoisotopic (exact) mass is 370 g/mol. The molecular weight excluding hydrogens is 344 g/mol. The van der Waals surface area contributed by atoms with Gasteiger partial charge in [-0.2, -0.15) is 4.91 Å². The third kappa shape index (κ3) is 3.38. The van der Waals surface area contributed by atoms with Crippen LogP contribution in [0.4, 0.5) is 0 Å². The second kappa shape index (κ2) is 6.87. The number of aromatic nitrogens is 2. The maximum absolute atomic E-state index is 13.1. The number of nitroso groups, excluding NO2 is 1. The third-order valence-electron chi connectivity index (χ3n) is 5.54. The predicted octanol–water partition coefficient (Wildman–Crippen LogP) is 3.70. The van der Waals surface area contributed by atoms with Gasteiger partial charge in [0, 0.05) is 11.3 Å². The van der Waals surface area contributed by atoms with Crippen molar-refractivity contribution >= 4 is 16.8 Å². The predicted molar refractivity (Wildman–Crippen MR) is 105 cm³/mol. The molecule has 1 aromatic carbocycles. The van der Waals surface area contributed by atoms with Crippen LogP contribution in [0.25, 0.3) is 10.9 Å². The fourth-order valence-electron chi connectivity index (χ4n) is 3.65. The number of hydrogen-bond donors (Lipinski definition) is 1. The van der Waals surface area contributed by atoms with Crippen molar-refractivity contribution in [1.29, 1.82) is 0 Å². The molecule has 0 spiro atoms. The molecule has 0 radical (unpaired) electrons. The highest BCUT2D eigenvalue weighted by atomic mass is 16.3. The summed E-state index contributed by atoms with van der Waals surface area (Å²) in [5.74, 6) is -0.317. The summed E-state index contributed by atoms with van der Waals surface area (Å²) in [6.07, 6.45) is 3.16. The lowest BCUT2D eigenvalue weighted by Crippen LogP contribution is -2.43. The molecule has 1 aliphatic carbocycles. The molecule has 1 amide bonds. The van der Waals surface area contributed by atoms with E-state index in [1.807, 2.05) is 13.0 Å². The van der Waals surface area contributed by atoms with Crippen LogP contribution in [0.1, 0.15) is 65.1 Å². The summed E-state index contributed by atoms with van der Waals surface area (Å²) in [4.78, 5) is 42.1.